The third-order valence-corrected chi connectivity index (χ3v) is 2.74. The van der Waals surface area contributed by atoms with E-state index in [0.717, 1.165) is 5.56 Å². The number of benzene rings is 1. The van der Waals surface area contributed by atoms with Gasteiger partial charge in [-0.25, -0.2) is 4.79 Å². The van der Waals surface area contributed by atoms with Crippen LogP contribution in [-0.2, 0) is 9.59 Å². The Labute approximate surface area is 118 Å². The van der Waals surface area contributed by atoms with Gasteiger partial charge >= 0.3 is 5.97 Å². The van der Waals surface area contributed by atoms with Crippen molar-refractivity contribution in [3.63, 3.8) is 0 Å². The molecule has 1 rings (SSSR count). The summed E-state index contributed by atoms with van der Waals surface area (Å²) in [4.78, 5) is 22.9. The summed E-state index contributed by atoms with van der Waals surface area (Å²) in [6.45, 7) is 5.27. The molecular weight excluding hydrogens is 256 g/mol. The molecule has 0 fully saturated rings. The number of hydrogen-bond donors (Lipinski definition) is 3. The quantitative estimate of drug-likeness (QED) is 0.578. The number of carboxylic acids is 1. The van der Waals surface area contributed by atoms with Gasteiger partial charge in [-0.15, -0.1) is 0 Å². The summed E-state index contributed by atoms with van der Waals surface area (Å²) in [5, 5.41) is 11.6. The molecule has 0 heterocycles. The predicted molar refractivity (Wildman–Crippen MR) is 78.9 cm³/mol. The lowest BCUT2D eigenvalue weighted by atomic mass is 9.87. The number of nitrogen functional groups attached to an aromatic ring is 1. The summed E-state index contributed by atoms with van der Waals surface area (Å²) in [7, 11) is 0. The molecule has 5 heteroatoms. The van der Waals surface area contributed by atoms with E-state index in [9.17, 15) is 9.59 Å². The summed E-state index contributed by atoms with van der Waals surface area (Å²) in [5.74, 6) is -1.50. The second-order valence-corrected chi connectivity index (χ2v) is 5.65. The van der Waals surface area contributed by atoms with Crippen LogP contribution in [0.4, 0.5) is 5.69 Å². The van der Waals surface area contributed by atoms with Crippen LogP contribution in [0.1, 0.15) is 26.3 Å². The van der Waals surface area contributed by atoms with E-state index in [-0.39, 0.29) is 0 Å². The van der Waals surface area contributed by atoms with Gasteiger partial charge in [0.05, 0.1) is 0 Å². The third-order valence-electron chi connectivity index (χ3n) is 2.74. The Morgan fingerprint density at radius 3 is 2.50 bits per heavy atom. The van der Waals surface area contributed by atoms with Gasteiger partial charge in [-0.3, -0.25) is 4.79 Å². The second kappa shape index (κ2) is 6.23. The predicted octanol–water partition coefficient (Wildman–Crippen LogP) is 1.90. The molecule has 0 saturated heterocycles. The van der Waals surface area contributed by atoms with E-state index >= 15 is 0 Å². The largest absolute Gasteiger partial charge is 0.480 e. The van der Waals surface area contributed by atoms with Crippen molar-refractivity contribution in [3.8, 4) is 0 Å². The molecule has 0 bridgehead atoms. The monoisotopic (exact) mass is 276 g/mol. The van der Waals surface area contributed by atoms with Gasteiger partial charge in [0.15, 0.2) is 0 Å². The standard InChI is InChI=1S/C15H20N2O3/c1-15(2,3)13(14(19)20)17-12(18)8-7-10-5-4-6-11(16)9-10/h4-9,13H,16H2,1-3H3,(H,17,18)(H,19,20)/b8-7+. The number of anilines is 1. The van der Waals surface area contributed by atoms with Crippen LogP contribution in [0.25, 0.3) is 6.08 Å². The SMILES string of the molecule is CC(C)(C)C(NC(=O)/C=C/c1cccc(N)c1)C(=O)O. The Bertz CT molecular complexity index is 530. The lowest BCUT2D eigenvalue weighted by molar-refractivity contribution is -0.144. The zero-order valence-electron chi connectivity index (χ0n) is 11.9. The summed E-state index contributed by atoms with van der Waals surface area (Å²) in [6, 6.07) is 6.11. The maximum atomic E-state index is 11.8. The fourth-order valence-electron chi connectivity index (χ4n) is 1.67. The number of rotatable bonds is 4. The highest BCUT2D eigenvalue weighted by Gasteiger charge is 2.31. The minimum absolute atomic E-state index is 0.449. The number of hydrogen-bond acceptors (Lipinski definition) is 3. The molecule has 1 aromatic carbocycles. The smallest absolute Gasteiger partial charge is 0.326 e. The fourth-order valence-corrected chi connectivity index (χ4v) is 1.67. The van der Waals surface area contributed by atoms with E-state index in [1.807, 2.05) is 0 Å². The van der Waals surface area contributed by atoms with Crippen molar-refractivity contribution in [2.75, 3.05) is 5.73 Å². The molecule has 5 nitrogen and oxygen atoms in total. The highest BCUT2D eigenvalue weighted by molar-refractivity contribution is 5.94. The number of nitrogens with one attached hydrogen (secondary N) is 1. The lowest BCUT2D eigenvalue weighted by Crippen LogP contribution is -2.48. The summed E-state index contributed by atoms with van der Waals surface area (Å²) in [6.07, 6.45) is 2.89. The molecule has 0 aliphatic carbocycles. The average Bonchev–Trinajstić information content (AvgIpc) is 2.31. The van der Waals surface area contributed by atoms with Gasteiger partial charge in [0.1, 0.15) is 6.04 Å². The Morgan fingerprint density at radius 2 is 2.00 bits per heavy atom. The third kappa shape index (κ3) is 4.76. The van der Waals surface area contributed by atoms with Crippen molar-refractivity contribution < 1.29 is 14.7 Å². The highest BCUT2D eigenvalue weighted by atomic mass is 16.4. The number of aliphatic carboxylic acids is 1. The average molecular weight is 276 g/mol. The van der Waals surface area contributed by atoms with Crippen molar-refractivity contribution >= 4 is 23.6 Å². The number of carboxylic acid groups (broad SMARTS) is 1. The van der Waals surface area contributed by atoms with Gasteiger partial charge in [-0.2, -0.15) is 0 Å². The van der Waals surface area contributed by atoms with E-state index in [4.69, 9.17) is 10.8 Å². The molecule has 0 aliphatic rings. The lowest BCUT2D eigenvalue weighted by Gasteiger charge is -2.27. The van der Waals surface area contributed by atoms with Crippen molar-refractivity contribution in [2.24, 2.45) is 5.41 Å². The molecule has 20 heavy (non-hydrogen) atoms. The Kier molecular flexibility index (Phi) is 4.91. The van der Waals surface area contributed by atoms with Gasteiger partial charge in [0.25, 0.3) is 0 Å². The van der Waals surface area contributed by atoms with Crippen molar-refractivity contribution in [1.29, 1.82) is 0 Å². The zero-order chi connectivity index (χ0) is 15.3. The number of carbonyl (C=O) groups is 2. The van der Waals surface area contributed by atoms with Crippen LogP contribution >= 0.6 is 0 Å². The van der Waals surface area contributed by atoms with Crippen LogP contribution in [0.5, 0.6) is 0 Å². The van der Waals surface area contributed by atoms with Crippen molar-refractivity contribution in [1.82, 2.24) is 5.32 Å². The van der Waals surface area contributed by atoms with E-state index in [1.165, 1.54) is 6.08 Å². The highest BCUT2D eigenvalue weighted by Crippen LogP contribution is 2.19. The molecule has 0 radical (unpaired) electrons. The fraction of sp³-hybridized carbons (Fsp3) is 0.333. The Morgan fingerprint density at radius 1 is 1.35 bits per heavy atom. The summed E-state index contributed by atoms with van der Waals surface area (Å²) >= 11 is 0. The van der Waals surface area contributed by atoms with E-state index in [2.05, 4.69) is 5.32 Å². The van der Waals surface area contributed by atoms with Crippen LogP contribution < -0.4 is 11.1 Å². The second-order valence-electron chi connectivity index (χ2n) is 5.65. The van der Waals surface area contributed by atoms with Crippen LogP contribution in [0, 0.1) is 5.41 Å². The molecule has 1 amide bonds. The van der Waals surface area contributed by atoms with Crippen LogP contribution in [0.3, 0.4) is 0 Å². The van der Waals surface area contributed by atoms with Crippen LogP contribution in [0.15, 0.2) is 30.3 Å². The normalized spacial score (nSPS) is 13.2. The van der Waals surface area contributed by atoms with E-state index in [0.29, 0.717) is 5.69 Å². The minimum Gasteiger partial charge on any atom is -0.480 e. The molecule has 4 N–H and O–H groups in total. The molecule has 0 spiro atoms. The first-order valence-corrected chi connectivity index (χ1v) is 6.27. The van der Waals surface area contributed by atoms with Crippen LogP contribution in [0.2, 0.25) is 0 Å². The molecular formula is C15H20N2O3. The van der Waals surface area contributed by atoms with Gasteiger partial charge < -0.3 is 16.2 Å². The van der Waals surface area contributed by atoms with E-state index < -0.39 is 23.3 Å². The number of carbonyl (C=O) groups excluding carboxylic acids is 1. The molecule has 1 unspecified atom stereocenters. The maximum Gasteiger partial charge on any atom is 0.326 e. The number of nitrogens with two attached hydrogens (primary N) is 1. The maximum absolute atomic E-state index is 11.8. The molecule has 0 aliphatic heterocycles. The van der Waals surface area contributed by atoms with Gasteiger partial charge in [-0.05, 0) is 29.2 Å². The minimum atomic E-state index is -1.05. The number of amides is 1. The zero-order valence-corrected chi connectivity index (χ0v) is 11.9. The van der Waals surface area contributed by atoms with Gasteiger partial charge in [0.2, 0.25) is 5.91 Å². The Balaban J connectivity index is 2.74. The first kappa shape index (κ1) is 15.8. The molecule has 1 aromatic rings. The summed E-state index contributed by atoms with van der Waals surface area (Å²) < 4.78 is 0. The van der Waals surface area contributed by atoms with Gasteiger partial charge in [-0.1, -0.05) is 32.9 Å². The first-order valence-electron chi connectivity index (χ1n) is 6.27. The Hall–Kier alpha value is -2.30. The molecule has 1 atom stereocenters. The molecule has 0 aromatic heterocycles. The first-order chi connectivity index (χ1) is 9.20. The van der Waals surface area contributed by atoms with E-state index in [1.54, 1.807) is 51.1 Å². The van der Waals surface area contributed by atoms with Gasteiger partial charge in [0, 0.05) is 11.8 Å². The molecule has 0 saturated carbocycles. The topological polar surface area (TPSA) is 92.4 Å². The van der Waals surface area contributed by atoms with Crippen molar-refractivity contribution in [3.05, 3.63) is 35.9 Å². The van der Waals surface area contributed by atoms with Crippen LogP contribution in [-0.4, -0.2) is 23.0 Å². The summed E-state index contributed by atoms with van der Waals surface area (Å²) in [5.41, 5.74) is 6.45. The van der Waals surface area contributed by atoms with Crippen molar-refractivity contribution in [2.45, 2.75) is 26.8 Å². The molecule has 108 valence electrons.